The molecule has 0 aliphatic carbocycles. The average molecular weight is 635 g/mol. The predicted molar refractivity (Wildman–Crippen MR) is 181 cm³/mol. The minimum Gasteiger partial charge on any atom is -0.448 e. The molecule has 1 amide bonds. The molecule has 0 aromatic heterocycles. The van der Waals surface area contributed by atoms with Crippen LogP contribution in [0.1, 0.15) is 40.3 Å². The minimum atomic E-state index is -0.932. The van der Waals surface area contributed by atoms with Crippen molar-refractivity contribution in [3.63, 3.8) is 0 Å². The Morgan fingerprint density at radius 3 is 1.62 bits per heavy atom. The number of benzene rings is 5. The molecule has 2 heterocycles. The third-order valence-corrected chi connectivity index (χ3v) is 8.99. The highest BCUT2D eigenvalue weighted by Crippen LogP contribution is 2.42. The Bertz CT molecular complexity index is 1780. The average Bonchev–Trinajstić information content (AvgIpc) is 3.16. The van der Waals surface area contributed by atoms with Gasteiger partial charge in [-0.3, -0.25) is 15.0 Å². The Labute approximate surface area is 279 Å². The topological polar surface area (TPSA) is 84.9 Å². The first kappa shape index (κ1) is 31.0. The molecule has 7 rings (SSSR count). The third kappa shape index (κ3) is 5.64. The van der Waals surface area contributed by atoms with Crippen molar-refractivity contribution in [1.29, 1.82) is 0 Å². The van der Waals surface area contributed by atoms with Gasteiger partial charge >= 0.3 is 5.97 Å². The van der Waals surface area contributed by atoms with Crippen LogP contribution >= 0.6 is 0 Å². The van der Waals surface area contributed by atoms with E-state index in [0.29, 0.717) is 11.9 Å². The lowest BCUT2D eigenvalue weighted by Gasteiger charge is -2.53. The standard InChI is InChI=1S/C41H34N2O5/c44-27-26-31-28-47-39-35(42-41(32-20-10-3-11-21-32,33-22-12-4-13-23-33)34-24-14-5-15-25-34)38(45)43(39)36(31)40(46)48-37(29-16-6-1-7-17-29)30-18-8-2-9-19-30/h1-25,27,35,37,39,42H,26,28H2. The van der Waals surface area contributed by atoms with Crippen molar-refractivity contribution in [2.24, 2.45) is 0 Å². The molecular formula is C41H34N2O5. The molecule has 5 aromatic carbocycles. The van der Waals surface area contributed by atoms with Gasteiger partial charge in [-0.1, -0.05) is 152 Å². The summed E-state index contributed by atoms with van der Waals surface area (Å²) in [5.41, 5.74) is 3.91. The number of nitrogens with zero attached hydrogens (tertiary/aromatic N) is 1. The molecule has 5 aromatic rings. The molecule has 0 bridgehead atoms. The zero-order chi connectivity index (χ0) is 32.9. The molecule has 1 saturated heterocycles. The summed E-state index contributed by atoms with van der Waals surface area (Å²) in [6.45, 7) is 0.00610. The molecule has 7 nitrogen and oxygen atoms in total. The third-order valence-electron chi connectivity index (χ3n) is 8.99. The highest BCUT2D eigenvalue weighted by molar-refractivity contribution is 6.01. The molecule has 2 aliphatic rings. The fraction of sp³-hybridized carbons (Fsp3) is 0.146. The van der Waals surface area contributed by atoms with Crippen LogP contribution in [0.25, 0.3) is 0 Å². The Balaban J connectivity index is 1.26. The molecule has 1 fully saturated rings. The summed E-state index contributed by atoms with van der Waals surface area (Å²) in [6, 6.07) is 48.0. The van der Waals surface area contributed by atoms with E-state index < -0.39 is 29.9 Å². The molecule has 7 heteroatoms. The van der Waals surface area contributed by atoms with Gasteiger partial charge in [0.25, 0.3) is 5.91 Å². The van der Waals surface area contributed by atoms with Gasteiger partial charge in [0, 0.05) is 6.42 Å². The first-order chi connectivity index (χ1) is 23.6. The number of rotatable bonds is 11. The van der Waals surface area contributed by atoms with Crippen molar-refractivity contribution < 1.29 is 23.9 Å². The van der Waals surface area contributed by atoms with E-state index in [4.69, 9.17) is 9.47 Å². The number of carbonyl (C=O) groups is 3. The van der Waals surface area contributed by atoms with Crippen molar-refractivity contribution in [3.05, 3.63) is 191 Å². The van der Waals surface area contributed by atoms with Crippen LogP contribution in [-0.2, 0) is 29.4 Å². The number of fused-ring (bicyclic) bond motifs is 1. The lowest BCUT2D eigenvalue weighted by molar-refractivity contribution is -0.187. The number of hydrogen-bond donors (Lipinski definition) is 1. The van der Waals surface area contributed by atoms with Gasteiger partial charge in [-0.15, -0.1) is 0 Å². The van der Waals surface area contributed by atoms with E-state index in [1.54, 1.807) is 0 Å². The van der Waals surface area contributed by atoms with Gasteiger partial charge in [-0.2, -0.15) is 0 Å². The molecule has 0 radical (unpaired) electrons. The van der Waals surface area contributed by atoms with Gasteiger partial charge < -0.3 is 14.3 Å². The zero-order valence-electron chi connectivity index (χ0n) is 26.1. The Hall–Kier alpha value is -5.63. The fourth-order valence-corrected chi connectivity index (χ4v) is 6.72. The summed E-state index contributed by atoms with van der Waals surface area (Å²) in [6.07, 6.45) is -0.887. The summed E-state index contributed by atoms with van der Waals surface area (Å²) < 4.78 is 12.5. The van der Waals surface area contributed by atoms with E-state index in [1.807, 2.05) is 152 Å². The summed E-state index contributed by atoms with van der Waals surface area (Å²) >= 11 is 0. The number of esters is 1. The molecule has 1 N–H and O–H groups in total. The van der Waals surface area contributed by atoms with Crippen LogP contribution in [0, 0.1) is 0 Å². The lowest BCUT2D eigenvalue weighted by atomic mass is 9.75. The number of aldehydes is 1. The van der Waals surface area contributed by atoms with Crippen LogP contribution in [0.4, 0.5) is 0 Å². The number of amides is 1. The summed E-state index contributed by atoms with van der Waals surface area (Å²) in [5, 5.41) is 3.70. The maximum Gasteiger partial charge on any atom is 0.356 e. The highest BCUT2D eigenvalue weighted by atomic mass is 16.6. The summed E-state index contributed by atoms with van der Waals surface area (Å²) in [4.78, 5) is 41.6. The van der Waals surface area contributed by atoms with E-state index in [0.717, 1.165) is 27.8 Å². The maximum absolute atomic E-state index is 14.3. The van der Waals surface area contributed by atoms with Gasteiger partial charge in [0.05, 0.1) is 12.1 Å². The minimum absolute atomic E-state index is 0.00610. The number of ether oxygens (including phenoxy) is 2. The first-order valence-corrected chi connectivity index (χ1v) is 16.0. The van der Waals surface area contributed by atoms with Gasteiger partial charge in [0.15, 0.2) is 12.3 Å². The Morgan fingerprint density at radius 2 is 1.19 bits per heavy atom. The molecular weight excluding hydrogens is 600 g/mol. The van der Waals surface area contributed by atoms with E-state index >= 15 is 0 Å². The number of carbonyl (C=O) groups excluding carboxylic acids is 3. The molecule has 2 unspecified atom stereocenters. The second kappa shape index (κ2) is 13.6. The normalized spacial score (nSPS) is 17.4. The van der Waals surface area contributed by atoms with Crippen molar-refractivity contribution in [2.75, 3.05) is 6.61 Å². The van der Waals surface area contributed by atoms with E-state index in [9.17, 15) is 14.4 Å². The van der Waals surface area contributed by atoms with Crippen molar-refractivity contribution >= 4 is 18.2 Å². The van der Waals surface area contributed by atoms with Gasteiger partial charge in [-0.25, -0.2) is 4.79 Å². The molecule has 0 saturated carbocycles. The van der Waals surface area contributed by atoms with Crippen LogP contribution in [0.5, 0.6) is 0 Å². The molecule has 0 spiro atoms. The molecule has 2 aliphatic heterocycles. The Morgan fingerprint density at radius 1 is 0.750 bits per heavy atom. The summed E-state index contributed by atoms with van der Waals surface area (Å²) in [7, 11) is 0. The second-order valence-corrected chi connectivity index (χ2v) is 11.8. The highest BCUT2D eigenvalue weighted by Gasteiger charge is 2.57. The molecule has 48 heavy (non-hydrogen) atoms. The van der Waals surface area contributed by atoms with Crippen molar-refractivity contribution in [1.82, 2.24) is 10.2 Å². The van der Waals surface area contributed by atoms with Crippen LogP contribution < -0.4 is 5.32 Å². The summed E-state index contributed by atoms with van der Waals surface area (Å²) in [5.74, 6) is -1.04. The number of β-lactam (4-membered cyclic amide) rings is 1. The Kier molecular flexibility index (Phi) is 8.79. The van der Waals surface area contributed by atoms with Gasteiger partial charge in [0.1, 0.15) is 18.0 Å². The first-order valence-electron chi connectivity index (χ1n) is 16.0. The largest absolute Gasteiger partial charge is 0.448 e. The van der Waals surface area contributed by atoms with Gasteiger partial charge in [0.2, 0.25) is 0 Å². The predicted octanol–water partition coefficient (Wildman–Crippen LogP) is 6.31. The lowest BCUT2D eigenvalue weighted by Crippen LogP contribution is -2.74. The number of hydrogen-bond acceptors (Lipinski definition) is 6. The van der Waals surface area contributed by atoms with Crippen molar-refractivity contribution in [2.45, 2.75) is 30.3 Å². The van der Waals surface area contributed by atoms with Crippen LogP contribution in [0.2, 0.25) is 0 Å². The van der Waals surface area contributed by atoms with Crippen LogP contribution in [0.15, 0.2) is 163 Å². The fourth-order valence-electron chi connectivity index (χ4n) is 6.72. The quantitative estimate of drug-likeness (QED) is 0.0794. The molecule has 238 valence electrons. The number of nitrogens with one attached hydrogen (secondary N) is 1. The van der Waals surface area contributed by atoms with Crippen LogP contribution in [-0.4, -0.2) is 41.9 Å². The zero-order valence-corrected chi connectivity index (χ0v) is 26.1. The maximum atomic E-state index is 14.3. The second-order valence-electron chi connectivity index (χ2n) is 11.8. The smallest absolute Gasteiger partial charge is 0.356 e. The van der Waals surface area contributed by atoms with E-state index in [-0.39, 0.29) is 24.6 Å². The van der Waals surface area contributed by atoms with E-state index in [1.165, 1.54) is 4.90 Å². The SMILES string of the molecule is O=CCC1=C(C(=O)OC(c2ccccc2)c2ccccc2)N2C(=O)C(NC(c3ccccc3)(c3ccccc3)c3ccccc3)C2OC1. The van der Waals surface area contributed by atoms with Crippen LogP contribution in [0.3, 0.4) is 0 Å². The van der Waals surface area contributed by atoms with Crippen molar-refractivity contribution in [3.8, 4) is 0 Å². The molecule has 2 atom stereocenters. The van der Waals surface area contributed by atoms with Gasteiger partial charge in [-0.05, 0) is 33.4 Å². The monoisotopic (exact) mass is 634 g/mol. The van der Waals surface area contributed by atoms with E-state index in [2.05, 4.69) is 5.32 Å².